The number of halogens is 1. The lowest BCUT2D eigenvalue weighted by Crippen LogP contribution is -2.44. The molecule has 1 amide bonds. The molecule has 0 bridgehead atoms. The maximum absolute atomic E-state index is 11.8. The van der Waals surface area contributed by atoms with Crippen LogP contribution in [0.1, 0.15) is 12.5 Å². The first kappa shape index (κ1) is 11.8. The van der Waals surface area contributed by atoms with Gasteiger partial charge in [0.1, 0.15) is 5.75 Å². The largest absolute Gasteiger partial charge is 0.482 e. The lowest BCUT2D eigenvalue weighted by molar-refractivity contribution is -0.121. The van der Waals surface area contributed by atoms with E-state index in [9.17, 15) is 4.79 Å². The summed E-state index contributed by atoms with van der Waals surface area (Å²) in [6, 6.07) is 3.24. The zero-order valence-corrected chi connectivity index (χ0v) is 10.4. The van der Waals surface area contributed by atoms with Crippen molar-refractivity contribution < 1.29 is 9.53 Å². The molecule has 1 atom stereocenters. The van der Waals surface area contributed by atoms with Crippen LogP contribution in [0.4, 0.5) is 5.69 Å². The lowest BCUT2D eigenvalue weighted by atomic mass is 10.1. The Morgan fingerprint density at radius 1 is 1.59 bits per heavy atom. The highest BCUT2D eigenvalue weighted by Crippen LogP contribution is 2.37. The van der Waals surface area contributed by atoms with Gasteiger partial charge in [-0.1, -0.05) is 17.5 Å². The standard InChI is InChI=1S/C13H12ClNO2/c1-4-9(3)15-11-5-8(2)10(14)6-12(11)17-7-13(15)16/h1,5-6,9H,7H2,2-3H3. The predicted octanol–water partition coefficient (Wildman–Crippen LogP) is 2.40. The zero-order valence-electron chi connectivity index (χ0n) is 9.66. The summed E-state index contributed by atoms with van der Waals surface area (Å²) >= 11 is 6.02. The van der Waals surface area contributed by atoms with E-state index in [1.807, 2.05) is 13.0 Å². The molecule has 1 aliphatic rings. The Morgan fingerprint density at radius 2 is 2.29 bits per heavy atom. The van der Waals surface area contributed by atoms with Gasteiger partial charge in [0.15, 0.2) is 6.61 Å². The van der Waals surface area contributed by atoms with Crippen LogP contribution in [0.5, 0.6) is 5.75 Å². The topological polar surface area (TPSA) is 29.5 Å². The summed E-state index contributed by atoms with van der Waals surface area (Å²) in [5.74, 6) is 3.02. The Hall–Kier alpha value is -1.66. The number of carbonyl (C=O) groups is 1. The number of nitrogens with zero attached hydrogens (tertiary/aromatic N) is 1. The van der Waals surface area contributed by atoms with Crippen molar-refractivity contribution in [2.75, 3.05) is 11.5 Å². The molecule has 1 unspecified atom stereocenters. The fourth-order valence-corrected chi connectivity index (χ4v) is 1.95. The zero-order chi connectivity index (χ0) is 12.6. The molecule has 1 heterocycles. The van der Waals surface area contributed by atoms with Crippen LogP contribution in [0, 0.1) is 19.3 Å². The average molecular weight is 250 g/mol. The van der Waals surface area contributed by atoms with Crippen LogP contribution in [-0.2, 0) is 4.79 Å². The third-order valence-corrected chi connectivity index (χ3v) is 3.16. The van der Waals surface area contributed by atoms with E-state index in [0.29, 0.717) is 16.5 Å². The Balaban J connectivity index is 2.55. The predicted molar refractivity (Wildman–Crippen MR) is 67.5 cm³/mol. The van der Waals surface area contributed by atoms with Crippen LogP contribution < -0.4 is 9.64 Å². The fourth-order valence-electron chi connectivity index (χ4n) is 1.79. The molecular formula is C13H12ClNO2. The molecule has 0 N–H and O–H groups in total. The van der Waals surface area contributed by atoms with Gasteiger partial charge in [-0.15, -0.1) is 6.42 Å². The minimum absolute atomic E-state index is 0.00158. The molecular weight excluding hydrogens is 238 g/mol. The lowest BCUT2D eigenvalue weighted by Gasteiger charge is -2.32. The smallest absolute Gasteiger partial charge is 0.266 e. The van der Waals surface area contributed by atoms with E-state index in [2.05, 4.69) is 5.92 Å². The van der Waals surface area contributed by atoms with E-state index in [4.69, 9.17) is 22.8 Å². The van der Waals surface area contributed by atoms with Crippen molar-refractivity contribution in [1.82, 2.24) is 0 Å². The van der Waals surface area contributed by atoms with Crippen LogP contribution in [0.3, 0.4) is 0 Å². The molecule has 0 fully saturated rings. The number of hydrogen-bond donors (Lipinski definition) is 0. The first-order valence-electron chi connectivity index (χ1n) is 5.25. The van der Waals surface area contributed by atoms with Gasteiger partial charge < -0.3 is 4.74 Å². The molecule has 1 aliphatic heterocycles. The number of ether oxygens (including phenoxy) is 1. The first-order chi connectivity index (χ1) is 8.04. The van der Waals surface area contributed by atoms with Crippen molar-refractivity contribution in [2.24, 2.45) is 0 Å². The summed E-state index contributed by atoms with van der Waals surface area (Å²) in [6.45, 7) is 3.68. The molecule has 0 saturated heterocycles. The molecule has 0 aromatic heterocycles. The highest BCUT2D eigenvalue weighted by Gasteiger charge is 2.29. The molecule has 0 aliphatic carbocycles. The van der Waals surface area contributed by atoms with Crippen molar-refractivity contribution >= 4 is 23.2 Å². The van der Waals surface area contributed by atoms with Gasteiger partial charge in [-0.05, 0) is 25.5 Å². The van der Waals surface area contributed by atoms with Gasteiger partial charge in [0.2, 0.25) is 0 Å². The number of carbonyl (C=O) groups excluding carboxylic acids is 1. The van der Waals surface area contributed by atoms with E-state index < -0.39 is 0 Å². The number of anilines is 1. The molecule has 1 aromatic carbocycles. The Bertz CT molecular complexity index is 519. The van der Waals surface area contributed by atoms with Crippen LogP contribution >= 0.6 is 11.6 Å². The van der Waals surface area contributed by atoms with Crippen LogP contribution in [0.2, 0.25) is 5.02 Å². The molecule has 1 aromatic rings. The summed E-state index contributed by atoms with van der Waals surface area (Å²) in [5.41, 5.74) is 1.58. The number of terminal acetylenes is 1. The Labute approximate surface area is 105 Å². The SMILES string of the molecule is C#CC(C)N1C(=O)COc2cc(Cl)c(C)cc21. The maximum Gasteiger partial charge on any atom is 0.266 e. The van der Waals surface area contributed by atoms with Crippen molar-refractivity contribution in [3.8, 4) is 18.1 Å². The number of rotatable bonds is 1. The van der Waals surface area contributed by atoms with E-state index in [0.717, 1.165) is 5.56 Å². The second-order valence-electron chi connectivity index (χ2n) is 3.96. The summed E-state index contributed by atoms with van der Waals surface area (Å²) in [5, 5.41) is 0.617. The van der Waals surface area contributed by atoms with E-state index in [1.54, 1.807) is 17.9 Å². The summed E-state index contributed by atoms with van der Waals surface area (Å²) in [7, 11) is 0. The van der Waals surface area contributed by atoms with Crippen molar-refractivity contribution in [1.29, 1.82) is 0 Å². The number of hydrogen-bond acceptors (Lipinski definition) is 2. The van der Waals surface area contributed by atoms with Crippen molar-refractivity contribution in [3.63, 3.8) is 0 Å². The van der Waals surface area contributed by atoms with Crippen molar-refractivity contribution in [2.45, 2.75) is 19.9 Å². The highest BCUT2D eigenvalue weighted by atomic mass is 35.5. The first-order valence-corrected chi connectivity index (χ1v) is 5.63. The highest BCUT2D eigenvalue weighted by molar-refractivity contribution is 6.31. The Kier molecular flexibility index (Phi) is 2.99. The monoisotopic (exact) mass is 249 g/mol. The van der Waals surface area contributed by atoms with Crippen LogP contribution in [0.15, 0.2) is 12.1 Å². The molecule has 0 radical (unpaired) electrons. The number of benzene rings is 1. The van der Waals surface area contributed by atoms with Crippen LogP contribution in [-0.4, -0.2) is 18.6 Å². The van der Waals surface area contributed by atoms with Gasteiger partial charge in [0.05, 0.1) is 11.7 Å². The maximum atomic E-state index is 11.8. The summed E-state index contributed by atoms with van der Waals surface area (Å²) < 4.78 is 5.35. The number of fused-ring (bicyclic) bond motifs is 1. The van der Waals surface area contributed by atoms with Gasteiger partial charge in [0, 0.05) is 11.1 Å². The quantitative estimate of drug-likeness (QED) is 0.716. The molecule has 4 heteroatoms. The average Bonchev–Trinajstić information content (AvgIpc) is 2.30. The molecule has 0 spiro atoms. The molecule has 0 saturated carbocycles. The molecule has 3 nitrogen and oxygen atoms in total. The normalized spacial score (nSPS) is 15.9. The molecule has 17 heavy (non-hydrogen) atoms. The van der Waals surface area contributed by atoms with Crippen molar-refractivity contribution in [3.05, 3.63) is 22.7 Å². The minimum Gasteiger partial charge on any atom is -0.482 e. The summed E-state index contributed by atoms with van der Waals surface area (Å²) in [6.07, 6.45) is 5.38. The second kappa shape index (κ2) is 4.31. The van der Waals surface area contributed by atoms with E-state index in [1.165, 1.54) is 0 Å². The van der Waals surface area contributed by atoms with Crippen LogP contribution in [0.25, 0.3) is 0 Å². The fraction of sp³-hybridized carbons (Fsp3) is 0.308. The molecule has 2 rings (SSSR count). The van der Waals surface area contributed by atoms with Gasteiger partial charge >= 0.3 is 0 Å². The van der Waals surface area contributed by atoms with Gasteiger partial charge in [-0.3, -0.25) is 9.69 Å². The third-order valence-electron chi connectivity index (χ3n) is 2.75. The summed E-state index contributed by atoms with van der Waals surface area (Å²) in [4.78, 5) is 13.4. The number of amides is 1. The number of aryl methyl sites for hydroxylation is 1. The van der Waals surface area contributed by atoms with E-state index in [-0.39, 0.29) is 18.6 Å². The molecule has 88 valence electrons. The van der Waals surface area contributed by atoms with Gasteiger partial charge in [-0.25, -0.2) is 0 Å². The minimum atomic E-state index is -0.300. The second-order valence-corrected chi connectivity index (χ2v) is 4.37. The Morgan fingerprint density at radius 3 is 2.94 bits per heavy atom. The van der Waals surface area contributed by atoms with E-state index >= 15 is 0 Å². The van der Waals surface area contributed by atoms with Gasteiger partial charge in [0.25, 0.3) is 5.91 Å². The third kappa shape index (κ3) is 1.96. The van der Waals surface area contributed by atoms with Gasteiger partial charge in [-0.2, -0.15) is 0 Å².